The third-order valence-corrected chi connectivity index (χ3v) is 4.55. The molecule has 0 saturated carbocycles. The highest BCUT2D eigenvalue weighted by molar-refractivity contribution is 7.99. The Balaban J connectivity index is 1.66. The summed E-state index contributed by atoms with van der Waals surface area (Å²) in [5.41, 5.74) is 1.32. The summed E-state index contributed by atoms with van der Waals surface area (Å²) < 4.78 is 6.81. The van der Waals surface area contributed by atoms with E-state index in [2.05, 4.69) is 0 Å². The lowest BCUT2D eigenvalue weighted by atomic mass is 10.2. The summed E-state index contributed by atoms with van der Waals surface area (Å²) in [4.78, 5) is 27.1. The van der Waals surface area contributed by atoms with Crippen LogP contribution in [0.5, 0.6) is 0 Å². The van der Waals surface area contributed by atoms with Gasteiger partial charge in [0, 0.05) is 30.4 Å². The van der Waals surface area contributed by atoms with Gasteiger partial charge in [-0.2, -0.15) is 0 Å². The molecule has 1 aliphatic rings. The molecule has 0 saturated heterocycles. The second-order valence-electron chi connectivity index (χ2n) is 4.94. The van der Waals surface area contributed by atoms with Gasteiger partial charge in [0.25, 0.3) is 5.91 Å². The fourth-order valence-electron chi connectivity index (χ4n) is 2.38. The molecule has 22 heavy (non-hydrogen) atoms. The molecule has 0 spiro atoms. The highest BCUT2D eigenvalue weighted by atomic mass is 32.2. The maximum absolute atomic E-state index is 12.4. The number of anilines is 1. The van der Waals surface area contributed by atoms with Crippen LogP contribution in [-0.4, -0.2) is 35.3 Å². The van der Waals surface area contributed by atoms with Crippen LogP contribution in [0.3, 0.4) is 0 Å². The molecule has 1 aromatic heterocycles. The molecule has 5 nitrogen and oxygen atoms in total. The average molecular weight is 316 g/mol. The first-order valence-electron chi connectivity index (χ1n) is 6.97. The van der Waals surface area contributed by atoms with Crippen molar-refractivity contribution in [2.24, 2.45) is 7.05 Å². The largest absolute Gasteiger partial charge is 0.451 e. The Morgan fingerprint density at radius 2 is 2.05 bits per heavy atom. The monoisotopic (exact) mass is 316 g/mol. The molecule has 0 fully saturated rings. The predicted octanol–water partition coefficient (Wildman–Crippen LogP) is 2.32. The second-order valence-corrected chi connectivity index (χ2v) is 6.08. The van der Waals surface area contributed by atoms with Gasteiger partial charge in [-0.15, -0.1) is 11.8 Å². The topological polar surface area (TPSA) is 51.5 Å². The van der Waals surface area contributed by atoms with E-state index in [4.69, 9.17) is 4.74 Å². The zero-order valence-electron chi connectivity index (χ0n) is 12.2. The van der Waals surface area contributed by atoms with Crippen LogP contribution in [0.15, 0.2) is 47.5 Å². The molecule has 0 atom stereocenters. The van der Waals surface area contributed by atoms with Gasteiger partial charge < -0.3 is 14.2 Å². The van der Waals surface area contributed by atoms with E-state index in [9.17, 15) is 9.59 Å². The number of para-hydroxylation sites is 1. The van der Waals surface area contributed by atoms with Gasteiger partial charge in [0.15, 0.2) is 6.61 Å². The van der Waals surface area contributed by atoms with Gasteiger partial charge in [-0.05, 0) is 24.3 Å². The SMILES string of the molecule is Cn1cccc1C(=O)OCC(=O)N1CCSc2ccccc21. The number of amides is 1. The van der Waals surface area contributed by atoms with Crippen molar-refractivity contribution >= 4 is 29.3 Å². The van der Waals surface area contributed by atoms with Gasteiger partial charge in [0.1, 0.15) is 5.69 Å². The number of rotatable bonds is 3. The van der Waals surface area contributed by atoms with Crippen molar-refractivity contribution in [2.45, 2.75) is 4.90 Å². The Hall–Kier alpha value is -2.21. The smallest absolute Gasteiger partial charge is 0.355 e. The maximum atomic E-state index is 12.4. The van der Waals surface area contributed by atoms with E-state index in [0.29, 0.717) is 12.2 Å². The standard InChI is InChI=1S/C16H16N2O3S/c1-17-8-4-6-13(17)16(20)21-11-15(19)18-9-10-22-14-7-3-2-5-12(14)18/h2-8H,9-11H2,1H3. The van der Waals surface area contributed by atoms with E-state index in [0.717, 1.165) is 16.3 Å². The number of thioether (sulfide) groups is 1. The molecule has 0 unspecified atom stereocenters. The number of aryl methyl sites for hydroxylation is 1. The van der Waals surface area contributed by atoms with E-state index < -0.39 is 5.97 Å². The van der Waals surface area contributed by atoms with Crippen molar-refractivity contribution < 1.29 is 14.3 Å². The molecular weight excluding hydrogens is 300 g/mol. The van der Waals surface area contributed by atoms with Gasteiger partial charge in [-0.3, -0.25) is 4.79 Å². The summed E-state index contributed by atoms with van der Waals surface area (Å²) in [6.07, 6.45) is 1.76. The lowest BCUT2D eigenvalue weighted by Gasteiger charge is -2.28. The minimum absolute atomic E-state index is 0.199. The van der Waals surface area contributed by atoms with Crippen molar-refractivity contribution in [3.63, 3.8) is 0 Å². The number of fused-ring (bicyclic) bond motifs is 1. The first kappa shape index (κ1) is 14.7. The van der Waals surface area contributed by atoms with Crippen molar-refractivity contribution in [1.82, 2.24) is 4.57 Å². The van der Waals surface area contributed by atoms with Crippen LogP contribution in [0.2, 0.25) is 0 Å². The molecule has 2 heterocycles. The van der Waals surface area contributed by atoms with Gasteiger partial charge in [0.05, 0.1) is 5.69 Å². The van der Waals surface area contributed by atoms with Crippen molar-refractivity contribution in [2.75, 3.05) is 23.8 Å². The van der Waals surface area contributed by atoms with Gasteiger partial charge >= 0.3 is 5.97 Å². The van der Waals surface area contributed by atoms with Crippen molar-refractivity contribution in [1.29, 1.82) is 0 Å². The number of benzene rings is 1. The number of esters is 1. The summed E-state index contributed by atoms with van der Waals surface area (Å²) in [6, 6.07) is 11.2. The Morgan fingerprint density at radius 1 is 1.23 bits per heavy atom. The number of hydrogen-bond acceptors (Lipinski definition) is 4. The van der Waals surface area contributed by atoms with E-state index in [1.54, 1.807) is 46.6 Å². The van der Waals surface area contributed by atoms with Crippen LogP contribution in [0.1, 0.15) is 10.5 Å². The Kier molecular flexibility index (Phi) is 4.20. The van der Waals surface area contributed by atoms with Crippen LogP contribution in [0, 0.1) is 0 Å². The third kappa shape index (κ3) is 2.87. The van der Waals surface area contributed by atoms with Crippen LogP contribution >= 0.6 is 11.8 Å². The van der Waals surface area contributed by atoms with Crippen LogP contribution in [-0.2, 0) is 16.6 Å². The molecule has 6 heteroatoms. The molecule has 1 aliphatic heterocycles. The maximum Gasteiger partial charge on any atom is 0.355 e. The molecule has 2 aromatic rings. The molecule has 0 N–H and O–H groups in total. The van der Waals surface area contributed by atoms with Gasteiger partial charge in [0.2, 0.25) is 0 Å². The first-order chi connectivity index (χ1) is 10.7. The number of carbonyl (C=O) groups excluding carboxylic acids is 2. The lowest BCUT2D eigenvalue weighted by molar-refractivity contribution is -0.121. The molecule has 0 aliphatic carbocycles. The highest BCUT2D eigenvalue weighted by Crippen LogP contribution is 2.34. The summed E-state index contributed by atoms with van der Waals surface area (Å²) >= 11 is 1.73. The minimum atomic E-state index is -0.486. The molecular formula is C16H16N2O3S. The van der Waals surface area contributed by atoms with E-state index in [1.165, 1.54) is 0 Å². The highest BCUT2D eigenvalue weighted by Gasteiger charge is 2.23. The third-order valence-electron chi connectivity index (χ3n) is 3.51. The molecule has 1 amide bonds. The Bertz CT molecular complexity index is 711. The summed E-state index contributed by atoms with van der Waals surface area (Å²) in [6.45, 7) is 0.380. The van der Waals surface area contributed by atoms with Gasteiger partial charge in [-0.25, -0.2) is 4.79 Å². The van der Waals surface area contributed by atoms with E-state index in [-0.39, 0.29) is 12.5 Å². The number of nitrogens with zero attached hydrogens (tertiary/aromatic N) is 2. The Morgan fingerprint density at radius 3 is 2.82 bits per heavy atom. The Labute approximate surface area is 132 Å². The summed E-state index contributed by atoms with van der Waals surface area (Å²) in [7, 11) is 1.76. The van der Waals surface area contributed by atoms with E-state index >= 15 is 0 Å². The summed E-state index contributed by atoms with van der Waals surface area (Å²) in [5, 5.41) is 0. The fourth-order valence-corrected chi connectivity index (χ4v) is 3.38. The molecule has 0 bridgehead atoms. The molecule has 1 aromatic carbocycles. The number of aromatic nitrogens is 1. The first-order valence-corrected chi connectivity index (χ1v) is 7.96. The molecule has 3 rings (SSSR count). The van der Waals surface area contributed by atoms with Gasteiger partial charge in [-0.1, -0.05) is 12.1 Å². The lowest BCUT2D eigenvalue weighted by Crippen LogP contribution is -2.38. The molecule has 0 radical (unpaired) electrons. The summed E-state index contributed by atoms with van der Waals surface area (Å²) in [5.74, 6) is 0.157. The zero-order valence-corrected chi connectivity index (χ0v) is 13.0. The molecule has 114 valence electrons. The number of ether oxygens (including phenoxy) is 1. The van der Waals surface area contributed by atoms with Crippen LogP contribution < -0.4 is 4.90 Å². The van der Waals surface area contributed by atoms with Crippen molar-refractivity contribution in [3.8, 4) is 0 Å². The number of hydrogen-bond donors (Lipinski definition) is 0. The fraction of sp³-hybridized carbons (Fsp3) is 0.250. The average Bonchev–Trinajstić information content (AvgIpc) is 2.98. The normalized spacial score (nSPS) is 13.6. The zero-order chi connectivity index (χ0) is 15.5. The van der Waals surface area contributed by atoms with E-state index in [1.807, 2.05) is 24.3 Å². The van der Waals surface area contributed by atoms with Crippen molar-refractivity contribution in [3.05, 3.63) is 48.3 Å². The predicted molar refractivity (Wildman–Crippen MR) is 85.2 cm³/mol. The quantitative estimate of drug-likeness (QED) is 0.816. The van der Waals surface area contributed by atoms with Crippen LogP contribution in [0.4, 0.5) is 5.69 Å². The number of carbonyl (C=O) groups is 2. The van der Waals surface area contributed by atoms with Crippen LogP contribution in [0.25, 0.3) is 0 Å². The minimum Gasteiger partial charge on any atom is -0.451 e. The second kappa shape index (κ2) is 6.27.